The summed E-state index contributed by atoms with van der Waals surface area (Å²) in [6.45, 7) is 6.11. The van der Waals surface area contributed by atoms with Crippen molar-refractivity contribution in [1.82, 2.24) is 4.72 Å². The van der Waals surface area contributed by atoms with Gasteiger partial charge in [0.2, 0.25) is 10.0 Å². The van der Waals surface area contributed by atoms with Gasteiger partial charge in [-0.2, -0.15) is 0 Å². The van der Waals surface area contributed by atoms with E-state index >= 15 is 0 Å². The number of benzene rings is 1. The molecule has 1 fully saturated rings. The van der Waals surface area contributed by atoms with E-state index in [4.69, 9.17) is 0 Å². The van der Waals surface area contributed by atoms with Crippen molar-refractivity contribution in [3.63, 3.8) is 0 Å². The van der Waals surface area contributed by atoms with Crippen LogP contribution in [0.4, 0.5) is 0 Å². The lowest BCUT2D eigenvalue weighted by Crippen LogP contribution is -2.40. The molecular weight excluding hydrogens is 274 g/mol. The first-order valence-electron chi connectivity index (χ1n) is 6.98. The zero-order valence-electron chi connectivity index (χ0n) is 12.4. The molecule has 2 rings (SSSR count). The smallest absolute Gasteiger partial charge is 0.240 e. The maximum absolute atomic E-state index is 12.5. The van der Waals surface area contributed by atoms with Crippen LogP contribution in [-0.2, 0) is 16.6 Å². The van der Waals surface area contributed by atoms with E-state index < -0.39 is 10.0 Å². The van der Waals surface area contributed by atoms with Gasteiger partial charge in [0, 0.05) is 6.54 Å². The number of aliphatic hydroxyl groups excluding tert-OH is 1. The Hall–Kier alpha value is -0.910. The Balaban J connectivity index is 2.26. The van der Waals surface area contributed by atoms with Crippen LogP contribution < -0.4 is 4.72 Å². The van der Waals surface area contributed by atoms with E-state index in [1.54, 1.807) is 13.0 Å². The predicted octanol–water partition coefficient (Wildman–Crippen LogP) is 2.26. The number of aryl methyl sites for hydroxylation is 1. The average Bonchev–Trinajstić information content (AvgIpc) is 2.37. The highest BCUT2D eigenvalue weighted by Crippen LogP contribution is 2.39. The van der Waals surface area contributed by atoms with Crippen LogP contribution in [0.3, 0.4) is 0 Å². The number of nitrogens with one attached hydrogen (secondary N) is 1. The molecule has 0 aromatic heterocycles. The zero-order valence-corrected chi connectivity index (χ0v) is 13.2. The molecule has 1 aliphatic carbocycles. The molecule has 0 spiro atoms. The van der Waals surface area contributed by atoms with Gasteiger partial charge < -0.3 is 5.11 Å². The maximum Gasteiger partial charge on any atom is 0.240 e. The average molecular weight is 297 g/mol. The lowest BCUT2D eigenvalue weighted by Gasteiger charge is -2.38. The molecule has 4 nitrogen and oxygen atoms in total. The highest BCUT2D eigenvalue weighted by atomic mass is 32.2. The molecule has 20 heavy (non-hydrogen) atoms. The summed E-state index contributed by atoms with van der Waals surface area (Å²) >= 11 is 0. The summed E-state index contributed by atoms with van der Waals surface area (Å²) in [4.78, 5) is 0.282. The molecule has 0 unspecified atom stereocenters. The van der Waals surface area contributed by atoms with Gasteiger partial charge >= 0.3 is 0 Å². The van der Waals surface area contributed by atoms with Gasteiger partial charge in [-0.1, -0.05) is 19.4 Å². The Morgan fingerprint density at radius 3 is 2.45 bits per heavy atom. The van der Waals surface area contributed by atoms with Crippen molar-refractivity contribution in [2.75, 3.05) is 6.54 Å². The molecule has 5 heteroatoms. The van der Waals surface area contributed by atoms with E-state index in [9.17, 15) is 13.5 Å². The van der Waals surface area contributed by atoms with Crippen molar-refractivity contribution in [3.05, 3.63) is 28.8 Å². The van der Waals surface area contributed by atoms with E-state index in [1.165, 1.54) is 6.42 Å². The minimum atomic E-state index is -3.52. The van der Waals surface area contributed by atoms with E-state index in [0.717, 1.165) is 24.0 Å². The Morgan fingerprint density at radius 1 is 1.30 bits per heavy atom. The predicted molar refractivity (Wildman–Crippen MR) is 79.0 cm³/mol. The Bertz CT molecular complexity index is 604. The summed E-state index contributed by atoms with van der Waals surface area (Å²) in [6, 6.07) is 3.38. The summed E-state index contributed by atoms with van der Waals surface area (Å²) in [7, 11) is -3.52. The van der Waals surface area contributed by atoms with Crippen molar-refractivity contribution in [2.24, 2.45) is 5.41 Å². The molecular formula is C15H23NO3S. The molecule has 0 heterocycles. The van der Waals surface area contributed by atoms with Crippen LogP contribution in [0.15, 0.2) is 17.0 Å². The van der Waals surface area contributed by atoms with Gasteiger partial charge in [-0.25, -0.2) is 13.1 Å². The van der Waals surface area contributed by atoms with Crippen LogP contribution in [0.25, 0.3) is 0 Å². The van der Waals surface area contributed by atoms with E-state index in [1.807, 2.05) is 13.0 Å². The monoisotopic (exact) mass is 297 g/mol. The first-order chi connectivity index (χ1) is 9.27. The Labute approximate surface area is 121 Å². The topological polar surface area (TPSA) is 66.4 Å². The van der Waals surface area contributed by atoms with Gasteiger partial charge in [-0.3, -0.25) is 0 Å². The molecule has 1 saturated carbocycles. The third kappa shape index (κ3) is 3.05. The Kier molecular flexibility index (Phi) is 4.23. The van der Waals surface area contributed by atoms with Crippen LogP contribution in [0, 0.1) is 19.3 Å². The second-order valence-electron chi connectivity index (χ2n) is 6.18. The fraction of sp³-hybridized carbons (Fsp3) is 0.600. The second-order valence-corrected chi connectivity index (χ2v) is 7.92. The number of hydrogen-bond acceptors (Lipinski definition) is 3. The van der Waals surface area contributed by atoms with E-state index in [2.05, 4.69) is 11.6 Å². The van der Waals surface area contributed by atoms with Gasteiger partial charge in [0.25, 0.3) is 0 Å². The molecule has 0 radical (unpaired) electrons. The van der Waals surface area contributed by atoms with Crippen molar-refractivity contribution in [1.29, 1.82) is 0 Å². The van der Waals surface area contributed by atoms with Crippen molar-refractivity contribution in [3.8, 4) is 0 Å². The van der Waals surface area contributed by atoms with Gasteiger partial charge in [0.15, 0.2) is 0 Å². The van der Waals surface area contributed by atoms with Crippen molar-refractivity contribution >= 4 is 10.0 Å². The Morgan fingerprint density at radius 2 is 1.95 bits per heavy atom. The summed E-state index contributed by atoms with van der Waals surface area (Å²) in [5.41, 5.74) is 2.36. The van der Waals surface area contributed by atoms with Crippen LogP contribution in [0.2, 0.25) is 0 Å². The molecule has 112 valence electrons. The quantitative estimate of drug-likeness (QED) is 0.876. The molecule has 1 aliphatic rings. The van der Waals surface area contributed by atoms with Gasteiger partial charge in [-0.15, -0.1) is 0 Å². The summed E-state index contributed by atoms with van der Waals surface area (Å²) in [6.07, 6.45) is 3.32. The molecule has 1 aromatic rings. The highest BCUT2D eigenvalue weighted by molar-refractivity contribution is 7.89. The molecule has 0 atom stereocenters. The van der Waals surface area contributed by atoms with Crippen molar-refractivity contribution < 1.29 is 13.5 Å². The maximum atomic E-state index is 12.5. The third-order valence-corrected chi connectivity index (χ3v) is 5.93. The first-order valence-corrected chi connectivity index (χ1v) is 8.46. The minimum absolute atomic E-state index is 0.102. The lowest BCUT2D eigenvalue weighted by atomic mass is 9.71. The molecule has 0 saturated heterocycles. The summed E-state index contributed by atoms with van der Waals surface area (Å²) in [5, 5.41) is 9.23. The fourth-order valence-electron chi connectivity index (χ4n) is 2.57. The summed E-state index contributed by atoms with van der Waals surface area (Å²) in [5.74, 6) is 0. The highest BCUT2D eigenvalue weighted by Gasteiger charge is 2.33. The van der Waals surface area contributed by atoms with Crippen LogP contribution in [-0.4, -0.2) is 20.1 Å². The molecule has 0 amide bonds. The SMILES string of the molecule is Cc1cc(CO)cc(S(=O)(=O)NCC2(C)CCC2)c1C. The molecule has 2 N–H and O–H groups in total. The molecule has 0 bridgehead atoms. The minimum Gasteiger partial charge on any atom is -0.392 e. The normalized spacial score (nSPS) is 17.8. The number of aliphatic hydroxyl groups is 1. The number of hydrogen-bond donors (Lipinski definition) is 2. The first kappa shape index (κ1) is 15.5. The molecule has 0 aliphatic heterocycles. The third-order valence-electron chi connectivity index (χ3n) is 4.40. The number of rotatable bonds is 5. The van der Waals surface area contributed by atoms with E-state index in [-0.39, 0.29) is 16.9 Å². The standard InChI is InChI=1S/C15H23NO3S/c1-11-7-13(9-17)8-14(12(11)2)20(18,19)16-10-15(3)5-4-6-15/h7-8,16-17H,4-6,9-10H2,1-3H3. The van der Waals surface area contributed by atoms with Crippen molar-refractivity contribution in [2.45, 2.75) is 51.5 Å². The van der Waals surface area contributed by atoms with Gasteiger partial charge in [0.1, 0.15) is 0 Å². The van der Waals surface area contributed by atoms with Gasteiger partial charge in [0.05, 0.1) is 11.5 Å². The fourth-order valence-corrected chi connectivity index (χ4v) is 4.14. The van der Waals surface area contributed by atoms with Crippen LogP contribution in [0.5, 0.6) is 0 Å². The van der Waals surface area contributed by atoms with E-state index in [0.29, 0.717) is 12.1 Å². The second kappa shape index (κ2) is 5.47. The number of sulfonamides is 1. The van der Waals surface area contributed by atoms with Gasteiger partial charge in [-0.05, 0) is 54.9 Å². The van der Waals surface area contributed by atoms with Crippen LogP contribution >= 0.6 is 0 Å². The zero-order chi connectivity index (χ0) is 15.0. The van der Waals surface area contributed by atoms with Crippen LogP contribution in [0.1, 0.15) is 42.9 Å². The molecule has 1 aromatic carbocycles. The lowest BCUT2D eigenvalue weighted by molar-refractivity contribution is 0.166. The summed E-state index contributed by atoms with van der Waals surface area (Å²) < 4.78 is 27.7. The largest absolute Gasteiger partial charge is 0.392 e.